The molecule has 12 heteroatoms. The molecule has 0 aromatic heterocycles. The molecule has 1 fully saturated rings. The van der Waals surface area contributed by atoms with E-state index in [-0.39, 0.29) is 42.8 Å². The van der Waals surface area contributed by atoms with Gasteiger partial charge in [0, 0.05) is 37.7 Å². The summed E-state index contributed by atoms with van der Waals surface area (Å²) >= 11 is 0. The number of anilines is 1. The van der Waals surface area contributed by atoms with Gasteiger partial charge in [0.1, 0.15) is 30.6 Å². The van der Waals surface area contributed by atoms with Crippen LogP contribution in [0, 0.1) is 21.4 Å². The van der Waals surface area contributed by atoms with E-state index in [1.807, 2.05) is 26.8 Å². The number of aliphatic hydroxyl groups excluding tert-OH is 1. The first-order chi connectivity index (χ1) is 18.0. The molecule has 0 heterocycles. The van der Waals surface area contributed by atoms with Crippen molar-refractivity contribution < 1.29 is 29.4 Å². The Morgan fingerprint density at radius 1 is 1.34 bits per heavy atom. The number of hydrogen-bond donors (Lipinski definition) is 3. The Morgan fingerprint density at radius 2 is 2.05 bits per heavy atom. The molecule has 0 bridgehead atoms. The van der Waals surface area contributed by atoms with Crippen LogP contribution in [0.15, 0.2) is 18.2 Å². The maximum Gasteiger partial charge on any atom is 0.294 e. The highest BCUT2D eigenvalue weighted by molar-refractivity contribution is 5.91. The summed E-state index contributed by atoms with van der Waals surface area (Å²) < 4.78 is 5.66. The van der Waals surface area contributed by atoms with Crippen molar-refractivity contribution in [2.24, 2.45) is 0 Å². The number of β-amino-alcohol motifs (C(OH)–C–C–N with tert-alkyl or cyclic N) is 1. The molecule has 3 atom stereocenters. The van der Waals surface area contributed by atoms with Gasteiger partial charge < -0.3 is 30.2 Å². The van der Waals surface area contributed by atoms with Crippen LogP contribution in [-0.4, -0.2) is 70.4 Å². The molecule has 1 aliphatic carbocycles. The average molecular weight is 534 g/mol. The van der Waals surface area contributed by atoms with Gasteiger partial charge in [-0.05, 0) is 51.3 Å². The lowest BCUT2D eigenvalue weighted by atomic mass is 9.90. The molecule has 2 amide bonds. The Morgan fingerprint density at radius 3 is 2.68 bits per heavy atom. The van der Waals surface area contributed by atoms with Crippen LogP contribution in [0.1, 0.15) is 71.8 Å². The predicted molar refractivity (Wildman–Crippen MR) is 140 cm³/mol. The molecule has 3 N–H and O–H groups in total. The number of hydrogen-bond acceptors (Lipinski definition) is 9. The number of nitrogens with one attached hydrogen (secondary N) is 2. The highest BCUT2D eigenvalue weighted by Gasteiger charge is 2.36. The van der Waals surface area contributed by atoms with E-state index in [1.54, 1.807) is 17.0 Å². The fourth-order valence-corrected chi connectivity index (χ4v) is 4.52. The standard InChI is InChI=1S/C26H39N5O7/c1-5-8-25(34)29-20-11-12-23(19(13-20)14-27)37-16-21(33)15-28-26(3,4)17-30(18(2)32)22-9-6-7-10-24(22)38-31(35)36/h11-13,21-22,24,28,33H,5-10,15-17H2,1-4H3,(H,29,34). The molecule has 1 aromatic carbocycles. The number of benzene rings is 1. The number of rotatable bonds is 14. The van der Waals surface area contributed by atoms with Crippen LogP contribution in [0.3, 0.4) is 0 Å². The second kappa shape index (κ2) is 14.5. The quantitative estimate of drug-likeness (QED) is 0.241. The van der Waals surface area contributed by atoms with E-state index in [4.69, 9.17) is 9.57 Å². The smallest absolute Gasteiger partial charge is 0.294 e. The summed E-state index contributed by atoms with van der Waals surface area (Å²) in [6.45, 7) is 7.41. The molecule has 0 saturated heterocycles. The molecular weight excluding hydrogens is 494 g/mol. The number of amides is 2. The lowest BCUT2D eigenvalue weighted by Gasteiger charge is -2.42. The largest absolute Gasteiger partial charge is 0.489 e. The third-order valence-electron chi connectivity index (χ3n) is 6.37. The van der Waals surface area contributed by atoms with E-state index in [0.717, 1.165) is 12.8 Å². The van der Waals surface area contributed by atoms with Crippen LogP contribution in [0.5, 0.6) is 5.75 Å². The zero-order valence-electron chi connectivity index (χ0n) is 22.6. The highest BCUT2D eigenvalue weighted by Crippen LogP contribution is 2.27. The van der Waals surface area contributed by atoms with Gasteiger partial charge in [-0.2, -0.15) is 5.26 Å². The van der Waals surface area contributed by atoms with Gasteiger partial charge in [-0.1, -0.05) is 19.8 Å². The molecule has 0 aliphatic heterocycles. The van der Waals surface area contributed by atoms with Gasteiger partial charge in [0.05, 0.1) is 11.6 Å². The van der Waals surface area contributed by atoms with Gasteiger partial charge in [-0.25, -0.2) is 0 Å². The molecule has 2 rings (SSSR count). The number of carbonyl (C=O) groups excluding carboxylic acids is 2. The Hall–Kier alpha value is -3.43. The zero-order chi connectivity index (χ0) is 28.3. The van der Waals surface area contributed by atoms with Crippen molar-refractivity contribution in [3.05, 3.63) is 33.9 Å². The van der Waals surface area contributed by atoms with E-state index in [1.165, 1.54) is 13.0 Å². The minimum absolute atomic E-state index is 0.0862. The maximum absolute atomic E-state index is 12.5. The third kappa shape index (κ3) is 9.79. The fraction of sp³-hybridized carbons (Fsp3) is 0.654. The van der Waals surface area contributed by atoms with Crippen LogP contribution in [-0.2, 0) is 14.4 Å². The van der Waals surface area contributed by atoms with Gasteiger partial charge in [0.2, 0.25) is 11.8 Å². The first kappa shape index (κ1) is 30.8. The van der Waals surface area contributed by atoms with E-state index in [2.05, 4.69) is 10.6 Å². The molecule has 12 nitrogen and oxygen atoms in total. The number of ether oxygens (including phenoxy) is 1. The lowest BCUT2D eigenvalue weighted by molar-refractivity contribution is -0.770. The fourth-order valence-electron chi connectivity index (χ4n) is 4.52. The van der Waals surface area contributed by atoms with Gasteiger partial charge in [-0.3, -0.25) is 9.59 Å². The predicted octanol–water partition coefficient (Wildman–Crippen LogP) is 2.77. The van der Waals surface area contributed by atoms with Gasteiger partial charge >= 0.3 is 0 Å². The minimum Gasteiger partial charge on any atom is -0.489 e. The van der Waals surface area contributed by atoms with E-state index in [0.29, 0.717) is 31.4 Å². The third-order valence-corrected chi connectivity index (χ3v) is 6.37. The summed E-state index contributed by atoms with van der Waals surface area (Å²) in [4.78, 5) is 41.7. The molecule has 0 radical (unpaired) electrons. The Bertz CT molecular complexity index is 1010. The van der Waals surface area contributed by atoms with Gasteiger partial charge in [0.15, 0.2) is 0 Å². The Kier molecular flexibility index (Phi) is 11.7. The second-order valence-electron chi connectivity index (χ2n) is 10.2. The van der Waals surface area contributed by atoms with Crippen LogP contribution in [0.4, 0.5) is 5.69 Å². The molecule has 1 saturated carbocycles. The molecular formula is C26H39N5O7. The number of nitriles is 1. The summed E-state index contributed by atoms with van der Waals surface area (Å²) in [5.41, 5.74) is 0.102. The van der Waals surface area contributed by atoms with Crippen molar-refractivity contribution in [3.8, 4) is 11.8 Å². The molecule has 38 heavy (non-hydrogen) atoms. The Labute approximate surface area is 223 Å². The first-order valence-corrected chi connectivity index (χ1v) is 12.9. The molecule has 3 unspecified atom stereocenters. The van der Waals surface area contributed by atoms with Crippen molar-refractivity contribution in [1.82, 2.24) is 10.2 Å². The number of aliphatic hydroxyl groups is 1. The normalized spacial score (nSPS) is 18.1. The molecule has 1 aromatic rings. The van der Waals surface area contributed by atoms with Gasteiger partial charge in [-0.15, -0.1) is 10.1 Å². The van der Waals surface area contributed by atoms with Crippen molar-refractivity contribution in [3.63, 3.8) is 0 Å². The SMILES string of the molecule is CCCC(=O)Nc1ccc(OCC(O)CNC(C)(C)CN(C(C)=O)C2CCCCC2O[N+](=O)[O-])c(C#N)c1. The minimum atomic E-state index is -0.921. The lowest BCUT2D eigenvalue weighted by Crippen LogP contribution is -2.58. The van der Waals surface area contributed by atoms with Gasteiger partial charge in [0.25, 0.3) is 5.09 Å². The summed E-state index contributed by atoms with van der Waals surface area (Å²) in [6.07, 6.45) is 2.29. The van der Waals surface area contributed by atoms with Crippen molar-refractivity contribution >= 4 is 17.5 Å². The number of nitrogens with zero attached hydrogens (tertiary/aromatic N) is 3. The first-order valence-electron chi connectivity index (χ1n) is 12.9. The average Bonchev–Trinajstić information content (AvgIpc) is 2.85. The van der Waals surface area contributed by atoms with Crippen molar-refractivity contribution in [1.29, 1.82) is 5.26 Å². The van der Waals surface area contributed by atoms with Crippen LogP contribution >= 0.6 is 0 Å². The Balaban J connectivity index is 1.93. The molecule has 0 spiro atoms. The van der Waals surface area contributed by atoms with Crippen LogP contribution < -0.4 is 15.4 Å². The van der Waals surface area contributed by atoms with E-state index >= 15 is 0 Å². The number of carbonyl (C=O) groups is 2. The molecule has 210 valence electrons. The molecule has 1 aliphatic rings. The topological polar surface area (TPSA) is 167 Å². The van der Waals surface area contributed by atoms with Crippen molar-refractivity contribution in [2.45, 2.75) is 90.0 Å². The summed E-state index contributed by atoms with van der Waals surface area (Å²) in [5.74, 6) is -0.0519. The van der Waals surface area contributed by atoms with Crippen molar-refractivity contribution in [2.75, 3.05) is 25.0 Å². The van der Waals surface area contributed by atoms with E-state index in [9.17, 15) is 30.1 Å². The second-order valence-corrected chi connectivity index (χ2v) is 10.2. The van der Waals surface area contributed by atoms with Crippen LogP contribution in [0.2, 0.25) is 0 Å². The summed E-state index contributed by atoms with van der Waals surface area (Å²) in [6, 6.07) is 6.36. The summed E-state index contributed by atoms with van der Waals surface area (Å²) in [5, 5.41) is 36.1. The summed E-state index contributed by atoms with van der Waals surface area (Å²) in [7, 11) is 0. The highest BCUT2D eigenvalue weighted by atomic mass is 17.0. The van der Waals surface area contributed by atoms with E-state index < -0.39 is 28.9 Å². The monoisotopic (exact) mass is 533 g/mol. The zero-order valence-corrected chi connectivity index (χ0v) is 22.6. The van der Waals surface area contributed by atoms with Crippen LogP contribution in [0.25, 0.3) is 0 Å². The maximum atomic E-state index is 12.5.